The number of aromatic hydroxyl groups is 1. The first-order chi connectivity index (χ1) is 11.9. The minimum atomic E-state index is -0.439. The molecule has 0 fully saturated rings. The fourth-order valence-corrected chi connectivity index (χ4v) is 1.96. The average molecular weight is 343 g/mol. The second kappa shape index (κ2) is 8.58. The molecule has 0 aliphatic heterocycles. The highest BCUT2D eigenvalue weighted by molar-refractivity contribution is 6.01. The molecule has 0 spiro atoms. The van der Waals surface area contributed by atoms with Crippen molar-refractivity contribution in [2.75, 3.05) is 0 Å². The largest absolute Gasteiger partial charge is 0.508 e. The smallest absolute Gasteiger partial charge is 0.271 e. The van der Waals surface area contributed by atoms with Crippen LogP contribution in [0.3, 0.4) is 0 Å². The van der Waals surface area contributed by atoms with Crippen LogP contribution in [0.1, 0.15) is 29.3 Å². The van der Waals surface area contributed by atoms with Gasteiger partial charge in [-0.15, -0.1) is 0 Å². The van der Waals surface area contributed by atoms with Gasteiger partial charge < -0.3 is 10.4 Å². The van der Waals surface area contributed by atoms with Crippen molar-refractivity contribution in [3.8, 4) is 5.75 Å². The number of halogens is 1. The van der Waals surface area contributed by atoms with Crippen molar-refractivity contribution in [2.45, 2.75) is 19.9 Å². The molecular weight excluding hydrogens is 325 g/mol. The number of carbonyl (C=O) groups is 2. The molecule has 2 amide bonds. The van der Waals surface area contributed by atoms with Crippen LogP contribution in [0.4, 0.5) is 4.39 Å². The van der Waals surface area contributed by atoms with Crippen LogP contribution in [0.2, 0.25) is 0 Å². The molecule has 3 N–H and O–H groups in total. The van der Waals surface area contributed by atoms with Crippen molar-refractivity contribution in [1.29, 1.82) is 0 Å². The predicted molar refractivity (Wildman–Crippen MR) is 91.5 cm³/mol. The maximum Gasteiger partial charge on any atom is 0.271 e. The van der Waals surface area contributed by atoms with Gasteiger partial charge in [0.1, 0.15) is 11.6 Å². The number of nitrogens with one attached hydrogen (secondary N) is 2. The van der Waals surface area contributed by atoms with Crippen LogP contribution in [0.25, 0.3) is 0 Å². The summed E-state index contributed by atoms with van der Waals surface area (Å²) in [5, 5.41) is 15.7. The van der Waals surface area contributed by atoms with Crippen LogP contribution in [0.5, 0.6) is 5.75 Å². The van der Waals surface area contributed by atoms with Crippen LogP contribution < -0.4 is 10.7 Å². The SMILES string of the molecule is CC(CC(=O)NCc1ccc(F)cc1)=NNC(=O)c1ccc(O)cc1. The fraction of sp³-hybridized carbons (Fsp3) is 0.167. The molecule has 0 radical (unpaired) electrons. The maximum atomic E-state index is 12.8. The van der Waals surface area contributed by atoms with Crippen molar-refractivity contribution in [2.24, 2.45) is 5.10 Å². The number of carbonyl (C=O) groups excluding carboxylic acids is 2. The second-order valence-electron chi connectivity index (χ2n) is 5.41. The molecule has 130 valence electrons. The Morgan fingerprint density at radius 2 is 1.72 bits per heavy atom. The molecule has 0 atom stereocenters. The highest BCUT2D eigenvalue weighted by atomic mass is 19.1. The summed E-state index contributed by atoms with van der Waals surface area (Å²) in [7, 11) is 0. The molecule has 6 nitrogen and oxygen atoms in total. The van der Waals surface area contributed by atoms with E-state index in [4.69, 9.17) is 0 Å². The van der Waals surface area contributed by atoms with E-state index >= 15 is 0 Å². The summed E-state index contributed by atoms with van der Waals surface area (Å²) in [5.74, 6) is -0.966. The molecule has 0 saturated heterocycles. The van der Waals surface area contributed by atoms with Crippen molar-refractivity contribution < 1.29 is 19.1 Å². The standard InChI is InChI=1S/C18H18FN3O3/c1-12(21-22-18(25)14-4-8-16(23)9-5-14)10-17(24)20-11-13-2-6-15(19)7-3-13/h2-9,23H,10-11H2,1H3,(H,20,24)(H,22,25). The number of hydrogen-bond donors (Lipinski definition) is 3. The van der Waals surface area contributed by atoms with Gasteiger partial charge in [0.05, 0.1) is 6.42 Å². The Hall–Kier alpha value is -3.22. The summed E-state index contributed by atoms with van der Waals surface area (Å²) in [6.07, 6.45) is 0.0249. The molecule has 0 saturated carbocycles. The number of phenols is 1. The highest BCUT2D eigenvalue weighted by Crippen LogP contribution is 2.09. The number of amides is 2. The Morgan fingerprint density at radius 3 is 2.36 bits per heavy atom. The molecular formula is C18H18FN3O3. The van der Waals surface area contributed by atoms with Crippen molar-refractivity contribution in [3.63, 3.8) is 0 Å². The van der Waals surface area contributed by atoms with Gasteiger partial charge in [0.25, 0.3) is 5.91 Å². The molecule has 0 unspecified atom stereocenters. The summed E-state index contributed by atoms with van der Waals surface area (Å²) in [6.45, 7) is 1.90. The van der Waals surface area contributed by atoms with Crippen LogP contribution in [0, 0.1) is 5.82 Å². The summed E-state index contributed by atoms with van der Waals surface area (Å²) in [6, 6.07) is 11.6. The highest BCUT2D eigenvalue weighted by Gasteiger charge is 2.07. The average Bonchev–Trinajstić information content (AvgIpc) is 2.60. The fourth-order valence-electron chi connectivity index (χ4n) is 1.96. The molecule has 0 aliphatic carbocycles. The molecule has 2 aromatic rings. The number of phenolic OH excluding ortho intramolecular Hbond substituents is 1. The molecule has 0 heterocycles. The van der Waals surface area contributed by atoms with Crippen LogP contribution in [-0.4, -0.2) is 22.6 Å². The van der Waals surface area contributed by atoms with E-state index in [2.05, 4.69) is 15.8 Å². The number of hydrogen-bond acceptors (Lipinski definition) is 4. The quantitative estimate of drug-likeness (QED) is 0.555. The van der Waals surface area contributed by atoms with Gasteiger partial charge >= 0.3 is 0 Å². The molecule has 2 rings (SSSR count). The van der Waals surface area contributed by atoms with E-state index in [1.165, 1.54) is 36.4 Å². The molecule has 7 heteroatoms. The first-order valence-electron chi connectivity index (χ1n) is 7.57. The Labute approximate surface area is 144 Å². The zero-order chi connectivity index (χ0) is 18.2. The van der Waals surface area contributed by atoms with E-state index in [-0.39, 0.29) is 30.4 Å². The van der Waals surface area contributed by atoms with Gasteiger partial charge in [-0.3, -0.25) is 9.59 Å². The molecule has 0 aromatic heterocycles. The third kappa shape index (κ3) is 6.06. The zero-order valence-electron chi connectivity index (χ0n) is 13.6. The Bertz CT molecular complexity index is 771. The van der Waals surface area contributed by atoms with Crippen LogP contribution in [0.15, 0.2) is 53.6 Å². The monoisotopic (exact) mass is 343 g/mol. The third-order valence-corrected chi connectivity index (χ3v) is 3.30. The van der Waals surface area contributed by atoms with Crippen LogP contribution >= 0.6 is 0 Å². The van der Waals surface area contributed by atoms with Gasteiger partial charge in [0.2, 0.25) is 5.91 Å². The van der Waals surface area contributed by atoms with E-state index in [9.17, 15) is 19.1 Å². The predicted octanol–water partition coefficient (Wildman–Crippen LogP) is 2.34. The maximum absolute atomic E-state index is 12.8. The lowest BCUT2D eigenvalue weighted by atomic mass is 10.2. The summed E-state index contributed by atoms with van der Waals surface area (Å²) >= 11 is 0. The van der Waals surface area contributed by atoms with E-state index in [1.807, 2.05) is 0 Å². The zero-order valence-corrected chi connectivity index (χ0v) is 13.6. The Balaban J connectivity index is 1.79. The topological polar surface area (TPSA) is 90.8 Å². The number of benzene rings is 2. The van der Waals surface area contributed by atoms with Gasteiger partial charge in [-0.2, -0.15) is 5.10 Å². The van der Waals surface area contributed by atoms with Crippen LogP contribution in [-0.2, 0) is 11.3 Å². The summed E-state index contributed by atoms with van der Waals surface area (Å²) < 4.78 is 12.8. The lowest BCUT2D eigenvalue weighted by Crippen LogP contribution is -2.26. The Kier molecular flexibility index (Phi) is 6.22. The van der Waals surface area contributed by atoms with E-state index in [0.29, 0.717) is 11.3 Å². The number of nitrogens with zero attached hydrogens (tertiary/aromatic N) is 1. The van der Waals surface area contributed by atoms with Gasteiger partial charge in [-0.1, -0.05) is 12.1 Å². The molecule has 0 bridgehead atoms. The number of hydrazone groups is 1. The summed E-state index contributed by atoms with van der Waals surface area (Å²) in [4.78, 5) is 23.7. The second-order valence-corrected chi connectivity index (χ2v) is 5.41. The molecule has 2 aromatic carbocycles. The van der Waals surface area contributed by atoms with Crippen molar-refractivity contribution >= 4 is 17.5 Å². The van der Waals surface area contributed by atoms with Gasteiger partial charge in [0, 0.05) is 17.8 Å². The first kappa shape index (κ1) is 18.1. The molecule has 0 aliphatic rings. The van der Waals surface area contributed by atoms with Gasteiger partial charge in [0.15, 0.2) is 0 Å². The number of rotatable bonds is 6. The normalized spacial score (nSPS) is 11.0. The van der Waals surface area contributed by atoms with E-state index < -0.39 is 5.91 Å². The lowest BCUT2D eigenvalue weighted by molar-refractivity contribution is -0.120. The minimum absolute atomic E-state index is 0.0249. The van der Waals surface area contributed by atoms with E-state index in [0.717, 1.165) is 5.56 Å². The summed E-state index contributed by atoms with van der Waals surface area (Å²) in [5.41, 5.74) is 3.91. The lowest BCUT2D eigenvalue weighted by Gasteiger charge is -2.06. The Morgan fingerprint density at radius 1 is 1.08 bits per heavy atom. The third-order valence-electron chi connectivity index (χ3n) is 3.30. The van der Waals surface area contributed by atoms with Gasteiger partial charge in [-0.25, -0.2) is 9.82 Å². The first-order valence-corrected chi connectivity index (χ1v) is 7.57. The molecule has 25 heavy (non-hydrogen) atoms. The van der Waals surface area contributed by atoms with Crippen molar-refractivity contribution in [1.82, 2.24) is 10.7 Å². The minimum Gasteiger partial charge on any atom is -0.508 e. The van der Waals surface area contributed by atoms with E-state index in [1.54, 1.807) is 19.1 Å². The van der Waals surface area contributed by atoms with Gasteiger partial charge in [-0.05, 0) is 48.9 Å². The van der Waals surface area contributed by atoms with Crippen molar-refractivity contribution in [3.05, 3.63) is 65.5 Å².